The van der Waals surface area contributed by atoms with Crippen molar-refractivity contribution in [3.05, 3.63) is 80.6 Å². The van der Waals surface area contributed by atoms with Crippen molar-refractivity contribution in [3.63, 3.8) is 0 Å². The molecule has 2 aliphatic heterocycles. The number of sulfonamides is 1. The molecule has 3 aromatic rings. The molecule has 224 valence electrons. The highest BCUT2D eigenvalue weighted by molar-refractivity contribution is 7.89. The first kappa shape index (κ1) is 30.6. The van der Waals surface area contributed by atoms with E-state index in [0.717, 1.165) is 9.21 Å². The number of aryl methyl sites for hydroxylation is 1. The number of H-pyrrole nitrogens is 1. The Bertz CT molecular complexity index is 1800. The third-order valence-corrected chi connectivity index (χ3v) is 10.5. The Kier molecular flexibility index (Phi) is 7.81. The molecule has 0 aliphatic carbocycles. The van der Waals surface area contributed by atoms with E-state index in [9.17, 15) is 28.1 Å². The minimum atomic E-state index is -4.31. The molecule has 2 saturated heterocycles. The van der Waals surface area contributed by atoms with Crippen molar-refractivity contribution in [2.75, 3.05) is 31.6 Å². The molecule has 3 amide bonds. The van der Waals surface area contributed by atoms with Crippen molar-refractivity contribution in [3.8, 4) is 6.07 Å². The number of aromatic nitrogens is 1. The Balaban J connectivity index is 1.65. The standard InChI is InChI=1S/C29H27Cl2N5O6S/c1-5-42-26(37)24-16(2)25(17(3)33-24)43(40,41)35-14-23(19-8-6-18(13-32)7-9-19)29(15-35)27(38)36(28(39)34(29)4)22-11-20(30)10-21(31)12-22/h6-12,23,33H,5,14-15H2,1-4H3/t23-,29+/m0/s1. The molecule has 11 nitrogen and oxygen atoms in total. The number of nitrogens with zero attached hydrogens (tertiary/aromatic N) is 4. The number of nitrogens with one attached hydrogen (secondary N) is 1. The lowest BCUT2D eigenvalue weighted by Crippen LogP contribution is -2.54. The molecule has 2 aliphatic rings. The lowest BCUT2D eigenvalue weighted by molar-refractivity contribution is -0.124. The molecule has 1 spiro atoms. The van der Waals surface area contributed by atoms with Crippen molar-refractivity contribution < 1.29 is 27.5 Å². The SMILES string of the molecule is CCOC(=O)c1[nH]c(C)c(S(=O)(=O)N2C[C@@H](c3ccc(C#N)cc3)[C@]3(C2)C(=O)N(c2cc(Cl)cc(Cl)c2)C(=O)N3C)c1C. The van der Waals surface area contributed by atoms with Crippen molar-refractivity contribution in [2.24, 2.45) is 0 Å². The van der Waals surface area contributed by atoms with Gasteiger partial charge in [-0.3, -0.25) is 4.79 Å². The number of aromatic amines is 1. The summed E-state index contributed by atoms with van der Waals surface area (Å²) in [6, 6.07) is 12.1. The van der Waals surface area contributed by atoms with Gasteiger partial charge in [0.1, 0.15) is 16.1 Å². The summed E-state index contributed by atoms with van der Waals surface area (Å²) in [5.74, 6) is -2.16. The summed E-state index contributed by atoms with van der Waals surface area (Å²) in [6.45, 7) is 4.26. The number of carbonyl (C=O) groups excluding carboxylic acids is 3. The molecule has 3 heterocycles. The zero-order valence-corrected chi connectivity index (χ0v) is 26.0. The van der Waals surface area contributed by atoms with Crippen LogP contribution in [0.25, 0.3) is 0 Å². The lowest BCUT2D eigenvalue weighted by Gasteiger charge is -2.33. The fourth-order valence-corrected chi connectivity index (χ4v) is 8.42. The van der Waals surface area contributed by atoms with E-state index in [2.05, 4.69) is 4.98 Å². The van der Waals surface area contributed by atoms with E-state index in [1.54, 1.807) is 31.2 Å². The predicted octanol–water partition coefficient (Wildman–Crippen LogP) is 4.61. The monoisotopic (exact) mass is 643 g/mol. The summed E-state index contributed by atoms with van der Waals surface area (Å²) in [5, 5.41) is 9.74. The number of urea groups is 1. The zero-order valence-electron chi connectivity index (χ0n) is 23.6. The summed E-state index contributed by atoms with van der Waals surface area (Å²) in [7, 11) is -2.86. The topological polar surface area (TPSA) is 144 Å². The quantitative estimate of drug-likeness (QED) is 0.305. The first-order valence-electron chi connectivity index (χ1n) is 13.2. The average molecular weight is 645 g/mol. The number of hydrogen-bond acceptors (Lipinski definition) is 7. The first-order valence-corrected chi connectivity index (χ1v) is 15.4. The number of ether oxygens (including phenoxy) is 1. The Labute approximate surface area is 258 Å². The number of amides is 3. The molecule has 1 N–H and O–H groups in total. The van der Waals surface area contributed by atoms with Crippen molar-refractivity contribution in [1.82, 2.24) is 14.2 Å². The fraction of sp³-hybridized carbons (Fsp3) is 0.310. The van der Waals surface area contributed by atoms with E-state index in [1.807, 2.05) is 6.07 Å². The molecule has 2 atom stereocenters. The van der Waals surface area contributed by atoms with Gasteiger partial charge in [0, 0.05) is 47.4 Å². The van der Waals surface area contributed by atoms with Gasteiger partial charge in [0.2, 0.25) is 10.0 Å². The van der Waals surface area contributed by atoms with Crippen LogP contribution in [0.4, 0.5) is 10.5 Å². The molecule has 0 radical (unpaired) electrons. The van der Waals surface area contributed by atoms with Crippen molar-refractivity contribution in [2.45, 2.75) is 37.1 Å². The number of esters is 1. The van der Waals surface area contributed by atoms with Crippen LogP contribution >= 0.6 is 23.2 Å². The van der Waals surface area contributed by atoms with Gasteiger partial charge in [-0.15, -0.1) is 0 Å². The number of likely N-dealkylation sites (N-methyl/N-ethyl adjacent to an activating group) is 1. The van der Waals surface area contributed by atoms with Crippen molar-refractivity contribution >= 4 is 56.8 Å². The normalized spacial score (nSPS) is 20.7. The highest BCUT2D eigenvalue weighted by Gasteiger charge is 2.66. The molecule has 2 fully saturated rings. The third-order valence-electron chi connectivity index (χ3n) is 8.02. The van der Waals surface area contributed by atoms with Crippen LogP contribution in [0.15, 0.2) is 47.4 Å². The van der Waals surface area contributed by atoms with Gasteiger partial charge in [-0.25, -0.2) is 22.9 Å². The van der Waals surface area contributed by atoms with E-state index in [4.69, 9.17) is 27.9 Å². The fourth-order valence-electron chi connectivity index (χ4n) is 6.01. The highest BCUT2D eigenvalue weighted by atomic mass is 35.5. The van der Waals surface area contributed by atoms with E-state index in [-0.39, 0.29) is 57.3 Å². The van der Waals surface area contributed by atoms with Crippen LogP contribution in [0, 0.1) is 25.2 Å². The van der Waals surface area contributed by atoms with Gasteiger partial charge in [0.15, 0.2) is 0 Å². The smallest absolute Gasteiger partial charge is 0.355 e. The van der Waals surface area contributed by atoms with E-state index in [0.29, 0.717) is 11.1 Å². The maximum Gasteiger partial charge on any atom is 0.355 e. The van der Waals surface area contributed by atoms with Gasteiger partial charge >= 0.3 is 12.0 Å². The van der Waals surface area contributed by atoms with Crippen LogP contribution in [0.3, 0.4) is 0 Å². The molecule has 5 rings (SSSR count). The first-order chi connectivity index (χ1) is 20.3. The van der Waals surface area contributed by atoms with Crippen LogP contribution in [0.2, 0.25) is 10.0 Å². The summed E-state index contributed by atoms with van der Waals surface area (Å²) in [5.41, 5.74) is -0.141. The minimum Gasteiger partial charge on any atom is -0.461 e. The molecule has 2 aromatic carbocycles. The summed E-state index contributed by atoms with van der Waals surface area (Å²) >= 11 is 12.4. The average Bonchev–Trinajstić information content (AvgIpc) is 3.56. The Morgan fingerprint density at radius 1 is 1.14 bits per heavy atom. The van der Waals surface area contributed by atoms with Gasteiger partial charge in [-0.2, -0.15) is 9.57 Å². The summed E-state index contributed by atoms with van der Waals surface area (Å²) < 4.78 is 34.8. The van der Waals surface area contributed by atoms with Gasteiger partial charge < -0.3 is 14.6 Å². The second kappa shape index (κ2) is 11.0. The van der Waals surface area contributed by atoms with Crippen LogP contribution in [0.5, 0.6) is 0 Å². The van der Waals surface area contributed by atoms with E-state index >= 15 is 0 Å². The molecule has 0 unspecified atom stereocenters. The molecule has 14 heteroatoms. The van der Waals surface area contributed by atoms with E-state index < -0.39 is 39.4 Å². The molecular formula is C29H27Cl2N5O6S. The maximum absolute atomic E-state index is 14.4. The Morgan fingerprint density at radius 2 is 1.77 bits per heavy atom. The number of rotatable bonds is 6. The molecule has 1 aromatic heterocycles. The number of anilines is 1. The predicted molar refractivity (Wildman–Crippen MR) is 159 cm³/mol. The summed E-state index contributed by atoms with van der Waals surface area (Å²) in [4.78, 5) is 45.6. The number of imide groups is 1. The van der Waals surface area contributed by atoms with Gasteiger partial charge in [-0.1, -0.05) is 35.3 Å². The Morgan fingerprint density at radius 3 is 2.35 bits per heavy atom. The van der Waals surface area contributed by atoms with Gasteiger partial charge in [0.05, 0.1) is 23.9 Å². The van der Waals surface area contributed by atoms with Crippen LogP contribution < -0.4 is 4.90 Å². The lowest BCUT2D eigenvalue weighted by atomic mass is 9.80. The van der Waals surface area contributed by atoms with Gasteiger partial charge in [-0.05, 0) is 56.7 Å². The number of carbonyl (C=O) groups is 3. The second-order valence-electron chi connectivity index (χ2n) is 10.4. The number of nitriles is 1. The van der Waals surface area contributed by atoms with Crippen LogP contribution in [0.1, 0.15) is 45.7 Å². The summed E-state index contributed by atoms with van der Waals surface area (Å²) in [6.07, 6.45) is 0. The zero-order chi connectivity index (χ0) is 31.4. The molecule has 43 heavy (non-hydrogen) atoms. The highest BCUT2D eigenvalue weighted by Crippen LogP contribution is 2.48. The number of halogens is 2. The van der Waals surface area contributed by atoms with Crippen molar-refractivity contribution in [1.29, 1.82) is 5.26 Å². The number of benzene rings is 2. The Hall–Kier alpha value is -3.89. The molecular weight excluding hydrogens is 617 g/mol. The maximum atomic E-state index is 14.4. The minimum absolute atomic E-state index is 0.0173. The van der Waals surface area contributed by atoms with Crippen LogP contribution in [-0.4, -0.2) is 72.8 Å². The third kappa shape index (κ3) is 4.77. The molecule has 0 bridgehead atoms. The van der Waals surface area contributed by atoms with Gasteiger partial charge in [0.25, 0.3) is 5.91 Å². The van der Waals surface area contributed by atoms with E-state index in [1.165, 1.54) is 44.0 Å². The second-order valence-corrected chi connectivity index (χ2v) is 13.2. The van der Waals surface area contributed by atoms with Crippen LogP contribution in [-0.2, 0) is 19.6 Å². The largest absolute Gasteiger partial charge is 0.461 e. The number of hydrogen-bond donors (Lipinski definition) is 1. The molecule has 0 saturated carbocycles.